The smallest absolute Gasteiger partial charge is 0.408 e. The number of rotatable bonds is 9. The zero-order valence-electron chi connectivity index (χ0n) is 24.6. The lowest BCUT2D eigenvalue weighted by Gasteiger charge is -2.43. The zero-order valence-corrected chi connectivity index (χ0v) is 25.3. The van der Waals surface area contributed by atoms with E-state index in [1.165, 1.54) is 4.90 Å². The number of primary amides is 1. The van der Waals surface area contributed by atoms with Crippen molar-refractivity contribution in [2.45, 2.75) is 91.5 Å². The van der Waals surface area contributed by atoms with Crippen LogP contribution in [0.4, 0.5) is 10.5 Å². The van der Waals surface area contributed by atoms with Gasteiger partial charge in [0.15, 0.2) is 0 Å². The van der Waals surface area contributed by atoms with Crippen molar-refractivity contribution in [3.05, 3.63) is 64.2 Å². The van der Waals surface area contributed by atoms with Crippen molar-refractivity contribution >= 4 is 41.1 Å². The summed E-state index contributed by atoms with van der Waals surface area (Å²) in [6.07, 6.45) is -1.07. The van der Waals surface area contributed by atoms with Gasteiger partial charge >= 0.3 is 6.09 Å². The highest BCUT2D eigenvalue weighted by Gasteiger charge is 2.42. The number of benzene rings is 2. The van der Waals surface area contributed by atoms with Crippen molar-refractivity contribution in [2.24, 2.45) is 5.73 Å². The number of amides is 4. The van der Waals surface area contributed by atoms with Crippen LogP contribution < -0.4 is 16.4 Å². The van der Waals surface area contributed by atoms with E-state index in [1.54, 1.807) is 65.8 Å². The number of hydrogen-bond donors (Lipinski definition) is 3. The molecule has 2 unspecified atom stereocenters. The number of nitrogens with zero attached hydrogens (tertiary/aromatic N) is 1. The summed E-state index contributed by atoms with van der Waals surface area (Å²) < 4.78 is 5.37. The predicted octanol–water partition coefficient (Wildman–Crippen LogP) is 5.42. The minimum atomic E-state index is -1.19. The Hall–Kier alpha value is -3.59. The second-order valence-electron chi connectivity index (χ2n) is 11.8. The summed E-state index contributed by atoms with van der Waals surface area (Å²) in [5.74, 6) is -1.69. The molecule has 2 aromatic carbocycles. The number of anilines is 1. The third kappa shape index (κ3) is 9.26. The topological polar surface area (TPSA) is 131 Å². The van der Waals surface area contributed by atoms with Gasteiger partial charge in [0.25, 0.3) is 5.91 Å². The summed E-state index contributed by atoms with van der Waals surface area (Å²) in [7, 11) is 0. The molecule has 0 heterocycles. The molecule has 2 aromatic rings. The summed E-state index contributed by atoms with van der Waals surface area (Å²) in [5.41, 5.74) is 6.31. The van der Waals surface area contributed by atoms with E-state index in [0.29, 0.717) is 16.3 Å². The second-order valence-corrected chi connectivity index (χ2v) is 12.2. The van der Waals surface area contributed by atoms with E-state index in [0.717, 1.165) is 11.1 Å². The molecule has 0 bridgehead atoms. The molecule has 218 valence electrons. The number of hydrogen-bond acceptors (Lipinski definition) is 5. The standard InChI is InChI=1S/C30H41ClN4O5/c1-18-11-9-13-20(17-18)25(26(37)34-24-19(2)12-10-14-21(24)31)35(29(3,4)5)27(38)22(15-16-23(32)36)33-28(39)40-30(6,7)8/h9-14,17,22,25H,15-16H2,1-8H3,(H2,32,36)(H,33,39)(H,34,37). The number of alkyl carbamates (subject to hydrolysis) is 1. The van der Waals surface area contributed by atoms with Crippen molar-refractivity contribution < 1.29 is 23.9 Å². The van der Waals surface area contributed by atoms with E-state index >= 15 is 0 Å². The van der Waals surface area contributed by atoms with E-state index in [2.05, 4.69) is 10.6 Å². The van der Waals surface area contributed by atoms with Crippen LogP contribution in [0.3, 0.4) is 0 Å². The highest BCUT2D eigenvalue weighted by atomic mass is 35.5. The van der Waals surface area contributed by atoms with Gasteiger partial charge in [-0.25, -0.2) is 4.79 Å². The Morgan fingerprint density at radius 1 is 1.00 bits per heavy atom. The quantitative estimate of drug-likeness (QED) is 0.369. The Bertz CT molecular complexity index is 1230. The third-order valence-electron chi connectivity index (χ3n) is 5.96. The minimum Gasteiger partial charge on any atom is -0.444 e. The molecular weight excluding hydrogens is 532 g/mol. The fraction of sp³-hybridized carbons (Fsp3) is 0.467. The van der Waals surface area contributed by atoms with Crippen LogP contribution in [0.15, 0.2) is 42.5 Å². The number of aryl methyl sites for hydroxylation is 2. The first-order chi connectivity index (χ1) is 18.4. The van der Waals surface area contributed by atoms with E-state index in [4.69, 9.17) is 22.1 Å². The van der Waals surface area contributed by atoms with Crippen molar-refractivity contribution in [3.63, 3.8) is 0 Å². The van der Waals surface area contributed by atoms with Crippen LogP contribution in [-0.2, 0) is 19.1 Å². The van der Waals surface area contributed by atoms with Crippen LogP contribution in [0.1, 0.15) is 77.1 Å². The fourth-order valence-electron chi connectivity index (χ4n) is 4.25. The molecule has 2 rings (SSSR count). The second kappa shape index (κ2) is 13.2. The van der Waals surface area contributed by atoms with Gasteiger partial charge in [0.05, 0.1) is 10.7 Å². The predicted molar refractivity (Wildman–Crippen MR) is 157 cm³/mol. The lowest BCUT2D eigenvalue weighted by Crippen LogP contribution is -2.58. The summed E-state index contributed by atoms with van der Waals surface area (Å²) >= 11 is 6.41. The summed E-state index contributed by atoms with van der Waals surface area (Å²) in [6.45, 7) is 14.2. The van der Waals surface area contributed by atoms with Crippen molar-refractivity contribution in [3.8, 4) is 0 Å². The Balaban J connectivity index is 2.64. The first-order valence-corrected chi connectivity index (χ1v) is 13.5. The van der Waals surface area contributed by atoms with E-state index in [-0.39, 0.29) is 12.8 Å². The van der Waals surface area contributed by atoms with Crippen LogP contribution in [0.25, 0.3) is 0 Å². The molecule has 0 aliphatic heterocycles. The molecule has 40 heavy (non-hydrogen) atoms. The molecule has 0 aliphatic rings. The Labute approximate surface area is 241 Å². The molecule has 0 fully saturated rings. The van der Waals surface area contributed by atoms with Crippen molar-refractivity contribution in [1.29, 1.82) is 0 Å². The van der Waals surface area contributed by atoms with E-state index in [1.807, 2.05) is 32.0 Å². The summed E-state index contributed by atoms with van der Waals surface area (Å²) in [6, 6.07) is 10.3. The molecule has 0 aliphatic carbocycles. The van der Waals surface area contributed by atoms with E-state index < -0.39 is 47.0 Å². The molecule has 0 saturated heterocycles. The molecule has 10 heteroatoms. The van der Waals surface area contributed by atoms with Crippen LogP contribution >= 0.6 is 11.6 Å². The Kier molecular flexibility index (Phi) is 10.7. The minimum absolute atomic E-state index is 0.0776. The van der Waals surface area contributed by atoms with E-state index in [9.17, 15) is 19.2 Å². The lowest BCUT2D eigenvalue weighted by atomic mass is 9.93. The molecule has 0 saturated carbocycles. The van der Waals surface area contributed by atoms with Crippen LogP contribution in [-0.4, -0.2) is 45.9 Å². The highest BCUT2D eigenvalue weighted by Crippen LogP contribution is 2.33. The van der Waals surface area contributed by atoms with Crippen LogP contribution in [0.5, 0.6) is 0 Å². The first kappa shape index (κ1) is 32.6. The third-order valence-corrected chi connectivity index (χ3v) is 6.28. The van der Waals surface area contributed by atoms with Gasteiger partial charge in [0.1, 0.15) is 17.7 Å². The maximum atomic E-state index is 14.3. The van der Waals surface area contributed by atoms with Gasteiger partial charge in [0, 0.05) is 12.0 Å². The number of carbonyl (C=O) groups is 4. The van der Waals surface area contributed by atoms with Gasteiger partial charge in [-0.2, -0.15) is 0 Å². The number of ether oxygens (including phenoxy) is 1. The number of nitrogens with two attached hydrogens (primary N) is 1. The lowest BCUT2D eigenvalue weighted by molar-refractivity contribution is -0.147. The molecule has 2 atom stereocenters. The largest absolute Gasteiger partial charge is 0.444 e. The molecule has 4 amide bonds. The Morgan fingerprint density at radius 3 is 2.15 bits per heavy atom. The Morgan fingerprint density at radius 2 is 1.62 bits per heavy atom. The van der Waals surface area contributed by atoms with Gasteiger partial charge in [0.2, 0.25) is 11.8 Å². The number of nitrogens with one attached hydrogen (secondary N) is 2. The molecule has 0 aromatic heterocycles. The summed E-state index contributed by atoms with van der Waals surface area (Å²) in [4.78, 5) is 54.1. The molecular formula is C30H41ClN4O5. The van der Waals surface area contributed by atoms with Gasteiger partial charge in [-0.05, 0) is 79.0 Å². The highest BCUT2D eigenvalue weighted by molar-refractivity contribution is 6.34. The average molecular weight is 573 g/mol. The fourth-order valence-corrected chi connectivity index (χ4v) is 4.52. The number of halogens is 1. The van der Waals surface area contributed by atoms with Gasteiger partial charge in [-0.1, -0.05) is 53.6 Å². The first-order valence-electron chi connectivity index (χ1n) is 13.1. The van der Waals surface area contributed by atoms with Crippen LogP contribution in [0, 0.1) is 13.8 Å². The molecule has 0 spiro atoms. The van der Waals surface area contributed by atoms with Gasteiger partial charge in [-0.15, -0.1) is 0 Å². The maximum absolute atomic E-state index is 14.3. The number of carbonyl (C=O) groups excluding carboxylic acids is 4. The van der Waals surface area contributed by atoms with Gasteiger partial charge in [-0.3, -0.25) is 14.4 Å². The normalized spacial score (nSPS) is 13.1. The summed E-state index contributed by atoms with van der Waals surface area (Å²) in [5, 5.41) is 5.86. The van der Waals surface area contributed by atoms with Gasteiger partial charge < -0.3 is 26.0 Å². The SMILES string of the molecule is Cc1cccc(C(C(=O)Nc2c(C)cccc2Cl)N(C(=O)C(CCC(N)=O)NC(=O)OC(C)(C)C)C(C)(C)C)c1. The molecule has 0 radical (unpaired) electrons. The number of para-hydroxylation sites is 1. The van der Waals surface area contributed by atoms with Crippen LogP contribution in [0.2, 0.25) is 5.02 Å². The monoisotopic (exact) mass is 572 g/mol. The maximum Gasteiger partial charge on any atom is 0.408 e. The molecule has 4 N–H and O–H groups in total. The van der Waals surface area contributed by atoms with Crippen molar-refractivity contribution in [1.82, 2.24) is 10.2 Å². The zero-order chi connectivity index (χ0) is 30.4. The van der Waals surface area contributed by atoms with Crippen molar-refractivity contribution in [2.75, 3.05) is 5.32 Å². The average Bonchev–Trinajstić information content (AvgIpc) is 2.80. The molecule has 9 nitrogen and oxygen atoms in total.